The normalized spacial score (nSPS) is 19.6. The summed E-state index contributed by atoms with van der Waals surface area (Å²) in [6.45, 7) is 3.07. The van der Waals surface area contributed by atoms with Gasteiger partial charge in [0.15, 0.2) is 6.29 Å². The van der Waals surface area contributed by atoms with E-state index in [4.69, 9.17) is 14.6 Å². The number of benzene rings is 4. The molecule has 5 aromatic rings. The molecule has 0 bridgehead atoms. The molecule has 4 aromatic carbocycles. The highest BCUT2D eigenvalue weighted by Crippen LogP contribution is 2.42. The number of aromatic nitrogens is 2. The number of hydrogen-bond acceptors (Lipinski definition) is 6. The van der Waals surface area contributed by atoms with Crippen LogP contribution in [0.2, 0.25) is 0 Å². The Morgan fingerprint density at radius 3 is 2.37 bits per heavy atom. The van der Waals surface area contributed by atoms with Gasteiger partial charge in [0, 0.05) is 24.4 Å². The standard InChI is InChI=1S/C37H37N3O6/c1-24-33(21-40-23-39-31-7-2-3-8-32(31)40)45-37(46-36(24)28-11-9-25(22-41)10-12-28)29-15-13-27(14-16-29)30-6-4-5-26(19-30)20-38-34(42)17-18-35(43)44/h2-16,19,23-24,33,36-37,41H,17-18,20-22H2,1H3,(H,38,42)(H,43,44)/t24-,33+,36+,37+/m1/s1. The molecular formula is C37H37N3O6. The first-order chi connectivity index (χ1) is 22.4. The van der Waals surface area contributed by atoms with Crippen molar-refractivity contribution in [3.8, 4) is 11.1 Å². The number of para-hydroxylation sites is 2. The van der Waals surface area contributed by atoms with Gasteiger partial charge >= 0.3 is 5.97 Å². The van der Waals surface area contributed by atoms with Crippen LogP contribution in [0.25, 0.3) is 22.2 Å². The highest BCUT2D eigenvalue weighted by molar-refractivity contribution is 5.80. The second-order valence-corrected chi connectivity index (χ2v) is 11.7. The predicted octanol–water partition coefficient (Wildman–Crippen LogP) is 6.17. The van der Waals surface area contributed by atoms with Crippen LogP contribution in [0.15, 0.2) is 103 Å². The van der Waals surface area contributed by atoms with E-state index in [0.717, 1.165) is 44.4 Å². The summed E-state index contributed by atoms with van der Waals surface area (Å²) < 4.78 is 15.5. The minimum absolute atomic E-state index is 0.0138. The number of aliphatic carboxylic acids is 1. The van der Waals surface area contributed by atoms with Crippen molar-refractivity contribution < 1.29 is 29.3 Å². The lowest BCUT2D eigenvalue weighted by Gasteiger charge is -2.41. The molecule has 1 aliphatic rings. The Morgan fingerprint density at radius 1 is 0.848 bits per heavy atom. The lowest BCUT2D eigenvalue weighted by atomic mass is 9.90. The van der Waals surface area contributed by atoms with Crippen LogP contribution in [0.5, 0.6) is 0 Å². The van der Waals surface area contributed by atoms with E-state index in [1.165, 1.54) is 0 Å². The molecule has 46 heavy (non-hydrogen) atoms. The fourth-order valence-corrected chi connectivity index (χ4v) is 5.88. The van der Waals surface area contributed by atoms with Crippen LogP contribution in [0.3, 0.4) is 0 Å². The number of aliphatic hydroxyl groups excluding tert-OH is 1. The van der Waals surface area contributed by atoms with Crippen molar-refractivity contribution >= 4 is 22.9 Å². The first-order valence-corrected chi connectivity index (χ1v) is 15.5. The molecule has 1 saturated heterocycles. The number of carboxylic acid groups (broad SMARTS) is 1. The summed E-state index contributed by atoms with van der Waals surface area (Å²) >= 11 is 0. The maximum absolute atomic E-state index is 12.0. The molecule has 1 amide bonds. The number of imidazole rings is 1. The van der Waals surface area contributed by atoms with Crippen molar-refractivity contribution in [1.29, 1.82) is 0 Å². The van der Waals surface area contributed by atoms with Gasteiger partial charge in [-0.05, 0) is 46.0 Å². The second kappa shape index (κ2) is 14.1. The third-order valence-corrected chi connectivity index (χ3v) is 8.53. The number of nitrogens with one attached hydrogen (secondary N) is 1. The zero-order valence-corrected chi connectivity index (χ0v) is 25.6. The monoisotopic (exact) mass is 619 g/mol. The number of ether oxygens (including phenoxy) is 2. The average Bonchev–Trinajstić information content (AvgIpc) is 3.50. The molecule has 9 nitrogen and oxygen atoms in total. The molecule has 2 heterocycles. The zero-order chi connectivity index (χ0) is 32.0. The molecule has 9 heteroatoms. The van der Waals surface area contributed by atoms with Crippen molar-refractivity contribution in [2.75, 3.05) is 0 Å². The zero-order valence-electron chi connectivity index (χ0n) is 25.6. The Morgan fingerprint density at radius 2 is 1.61 bits per heavy atom. The van der Waals surface area contributed by atoms with Gasteiger partial charge in [-0.1, -0.05) is 85.8 Å². The minimum Gasteiger partial charge on any atom is -0.481 e. The van der Waals surface area contributed by atoms with Crippen molar-refractivity contribution in [3.05, 3.63) is 126 Å². The topological polar surface area (TPSA) is 123 Å². The molecule has 0 saturated carbocycles. The number of carboxylic acids is 1. The minimum atomic E-state index is -0.992. The number of carbonyl (C=O) groups excluding carboxylic acids is 1. The van der Waals surface area contributed by atoms with Crippen molar-refractivity contribution in [2.45, 2.75) is 58.0 Å². The summed E-state index contributed by atoms with van der Waals surface area (Å²) in [7, 11) is 0. The highest BCUT2D eigenvalue weighted by Gasteiger charge is 2.38. The maximum atomic E-state index is 12.0. The Hall–Kier alpha value is -4.83. The molecule has 1 fully saturated rings. The summed E-state index contributed by atoms with van der Waals surface area (Å²) in [6, 6.07) is 32.0. The van der Waals surface area contributed by atoms with Gasteiger partial charge in [-0.3, -0.25) is 9.59 Å². The molecule has 0 unspecified atom stereocenters. The number of nitrogens with zero attached hydrogens (tertiary/aromatic N) is 2. The summed E-state index contributed by atoms with van der Waals surface area (Å²) in [5, 5.41) is 21.2. The second-order valence-electron chi connectivity index (χ2n) is 11.7. The van der Waals surface area contributed by atoms with Gasteiger partial charge in [0.05, 0.1) is 49.1 Å². The van der Waals surface area contributed by atoms with Gasteiger partial charge in [0.25, 0.3) is 0 Å². The first-order valence-electron chi connectivity index (χ1n) is 15.5. The molecule has 3 N–H and O–H groups in total. The van der Waals surface area contributed by atoms with E-state index in [0.29, 0.717) is 13.1 Å². The summed E-state index contributed by atoms with van der Waals surface area (Å²) in [4.78, 5) is 27.3. The Bertz CT molecular complexity index is 1800. The quantitative estimate of drug-likeness (QED) is 0.162. The van der Waals surface area contributed by atoms with Crippen LogP contribution >= 0.6 is 0 Å². The van der Waals surface area contributed by atoms with Gasteiger partial charge in [0.2, 0.25) is 5.91 Å². The molecule has 0 radical (unpaired) electrons. The fraction of sp³-hybridized carbons (Fsp3) is 0.270. The number of amides is 1. The van der Waals surface area contributed by atoms with Crippen LogP contribution in [-0.4, -0.2) is 37.7 Å². The third-order valence-electron chi connectivity index (χ3n) is 8.53. The first kappa shape index (κ1) is 31.2. The van der Waals surface area contributed by atoms with E-state index in [9.17, 15) is 14.7 Å². The Labute approximate surface area is 267 Å². The summed E-state index contributed by atoms with van der Waals surface area (Å²) in [5.41, 5.74) is 7.69. The van der Waals surface area contributed by atoms with Gasteiger partial charge in [-0.2, -0.15) is 0 Å². The van der Waals surface area contributed by atoms with E-state index in [1.807, 2.05) is 97.3 Å². The molecule has 6 rings (SSSR count). The number of rotatable bonds is 11. The molecule has 4 atom stereocenters. The van der Waals surface area contributed by atoms with Crippen molar-refractivity contribution in [1.82, 2.24) is 14.9 Å². The summed E-state index contributed by atoms with van der Waals surface area (Å²) in [6.07, 6.45) is 0.633. The van der Waals surface area contributed by atoms with Crippen LogP contribution in [0, 0.1) is 5.92 Å². The smallest absolute Gasteiger partial charge is 0.303 e. The van der Waals surface area contributed by atoms with Crippen LogP contribution in [0.1, 0.15) is 54.4 Å². The fourth-order valence-electron chi connectivity index (χ4n) is 5.88. The van der Waals surface area contributed by atoms with E-state index >= 15 is 0 Å². The molecular weight excluding hydrogens is 582 g/mol. The number of fused-ring (bicyclic) bond motifs is 1. The third kappa shape index (κ3) is 7.18. The van der Waals surface area contributed by atoms with Crippen LogP contribution in [-0.2, 0) is 38.8 Å². The van der Waals surface area contributed by atoms with Crippen LogP contribution < -0.4 is 5.32 Å². The molecule has 236 valence electrons. The van der Waals surface area contributed by atoms with Gasteiger partial charge in [-0.15, -0.1) is 0 Å². The largest absolute Gasteiger partial charge is 0.481 e. The van der Waals surface area contributed by atoms with Crippen LogP contribution in [0.4, 0.5) is 0 Å². The van der Waals surface area contributed by atoms with Crippen molar-refractivity contribution in [3.63, 3.8) is 0 Å². The molecule has 0 spiro atoms. The lowest BCUT2D eigenvalue weighted by Crippen LogP contribution is -2.39. The number of carbonyl (C=O) groups is 2. The predicted molar refractivity (Wildman–Crippen MR) is 173 cm³/mol. The van der Waals surface area contributed by atoms with E-state index < -0.39 is 12.3 Å². The van der Waals surface area contributed by atoms with Crippen molar-refractivity contribution in [2.24, 2.45) is 5.92 Å². The van der Waals surface area contributed by atoms with E-state index in [1.54, 1.807) is 0 Å². The molecule has 1 aromatic heterocycles. The Balaban J connectivity index is 1.21. The van der Waals surface area contributed by atoms with Gasteiger partial charge in [0.1, 0.15) is 0 Å². The molecule has 1 aliphatic heterocycles. The molecule has 0 aliphatic carbocycles. The maximum Gasteiger partial charge on any atom is 0.303 e. The van der Waals surface area contributed by atoms with E-state index in [2.05, 4.69) is 27.9 Å². The van der Waals surface area contributed by atoms with Gasteiger partial charge in [-0.25, -0.2) is 4.98 Å². The summed E-state index contributed by atoms with van der Waals surface area (Å²) in [5.74, 6) is -1.25. The van der Waals surface area contributed by atoms with Gasteiger partial charge < -0.3 is 29.6 Å². The highest BCUT2D eigenvalue weighted by atomic mass is 16.7. The van der Waals surface area contributed by atoms with E-state index in [-0.39, 0.29) is 43.5 Å². The lowest BCUT2D eigenvalue weighted by molar-refractivity contribution is -0.276. The number of aliphatic hydroxyl groups is 1. The Kier molecular flexibility index (Phi) is 9.54. The number of hydrogen-bond donors (Lipinski definition) is 3. The SMILES string of the molecule is C[C@@H]1[C@H](Cn2cnc3ccccc32)O[C@H](c2ccc(-c3cccc(CNC(=O)CCC(=O)O)c3)cc2)O[C@@H]1c1ccc(CO)cc1. The average molecular weight is 620 g/mol.